The number of benzene rings is 1. The maximum absolute atomic E-state index is 11.2. The third-order valence-electron chi connectivity index (χ3n) is 2.57. The average molecular weight is 324 g/mol. The average Bonchev–Trinajstić information content (AvgIpc) is 2.35. The van der Waals surface area contributed by atoms with Gasteiger partial charge >= 0.3 is 5.97 Å². The molecule has 20 heavy (non-hydrogen) atoms. The number of ether oxygens (including phenoxy) is 1. The number of primary sulfonamides is 1. The van der Waals surface area contributed by atoms with E-state index in [0.29, 0.717) is 0 Å². The summed E-state index contributed by atoms with van der Waals surface area (Å²) in [6.45, 7) is 0. The summed E-state index contributed by atoms with van der Waals surface area (Å²) >= 11 is 5.75. The predicted octanol–water partition coefficient (Wildman–Crippen LogP) is -0.0552. The van der Waals surface area contributed by atoms with Gasteiger partial charge in [0.1, 0.15) is 11.0 Å². The third-order valence-corrected chi connectivity index (χ3v) is 3.97. The molecule has 112 valence electrons. The van der Waals surface area contributed by atoms with E-state index in [1.54, 1.807) is 0 Å². The zero-order valence-electron chi connectivity index (χ0n) is 10.5. The lowest BCUT2D eigenvalue weighted by Crippen LogP contribution is -2.22. The summed E-state index contributed by atoms with van der Waals surface area (Å²) in [5, 5.41) is 24.3. The van der Waals surface area contributed by atoms with Crippen molar-refractivity contribution in [3.63, 3.8) is 0 Å². The molecule has 1 aromatic carbocycles. The number of methoxy groups -OCH3 is 1. The van der Waals surface area contributed by atoms with E-state index in [2.05, 4.69) is 4.74 Å². The number of nitrogens with two attached hydrogens (primary N) is 1. The van der Waals surface area contributed by atoms with Crippen molar-refractivity contribution in [2.24, 2.45) is 5.14 Å². The van der Waals surface area contributed by atoms with Gasteiger partial charge in [0.15, 0.2) is 0 Å². The maximum atomic E-state index is 11.2. The molecule has 0 heterocycles. The molecule has 0 bridgehead atoms. The Hall–Kier alpha value is -1.19. The van der Waals surface area contributed by atoms with Gasteiger partial charge in [-0.1, -0.05) is 17.7 Å². The van der Waals surface area contributed by atoms with Crippen LogP contribution in [0.15, 0.2) is 23.1 Å². The molecule has 0 aliphatic heterocycles. The van der Waals surface area contributed by atoms with Gasteiger partial charge in [0.2, 0.25) is 10.0 Å². The van der Waals surface area contributed by atoms with Crippen molar-refractivity contribution in [3.05, 3.63) is 28.8 Å². The quantitative estimate of drug-likeness (QED) is 0.652. The number of hydrogen-bond acceptors (Lipinski definition) is 6. The highest BCUT2D eigenvalue weighted by Gasteiger charge is 2.23. The number of sulfonamides is 1. The lowest BCUT2D eigenvalue weighted by atomic mass is 10.0. The van der Waals surface area contributed by atoms with Crippen molar-refractivity contribution >= 4 is 27.6 Å². The van der Waals surface area contributed by atoms with Crippen LogP contribution in [0.3, 0.4) is 0 Å². The lowest BCUT2D eigenvalue weighted by Gasteiger charge is -2.17. The Kier molecular flexibility index (Phi) is 5.49. The van der Waals surface area contributed by atoms with Gasteiger partial charge in [0, 0.05) is 0 Å². The van der Waals surface area contributed by atoms with Crippen molar-refractivity contribution in [2.45, 2.75) is 23.5 Å². The molecular formula is C11H14ClNO6S. The molecule has 1 aromatic rings. The Balaban J connectivity index is 2.98. The molecule has 0 aliphatic carbocycles. The summed E-state index contributed by atoms with van der Waals surface area (Å²) in [7, 11) is -2.82. The maximum Gasteiger partial charge on any atom is 0.308 e. The Morgan fingerprint density at radius 3 is 2.50 bits per heavy atom. The topological polar surface area (TPSA) is 127 Å². The summed E-state index contributed by atoms with van der Waals surface area (Å²) in [6, 6.07) is 3.52. The first-order chi connectivity index (χ1) is 9.16. The second kappa shape index (κ2) is 6.51. The van der Waals surface area contributed by atoms with Crippen molar-refractivity contribution in [2.75, 3.05) is 7.11 Å². The molecule has 0 amide bonds. The van der Waals surface area contributed by atoms with Crippen LogP contribution in [0.4, 0.5) is 0 Å². The highest BCUT2D eigenvalue weighted by molar-refractivity contribution is 7.89. The second-order valence-corrected chi connectivity index (χ2v) is 5.96. The Labute approximate surface area is 121 Å². The van der Waals surface area contributed by atoms with Crippen LogP contribution in [0.2, 0.25) is 5.02 Å². The molecule has 1 rings (SSSR count). The largest absolute Gasteiger partial charge is 0.469 e. The van der Waals surface area contributed by atoms with Crippen molar-refractivity contribution < 1.29 is 28.2 Å². The first-order valence-electron chi connectivity index (χ1n) is 5.42. The van der Waals surface area contributed by atoms with Gasteiger partial charge in [0.25, 0.3) is 0 Å². The molecule has 0 saturated heterocycles. The number of carbonyl (C=O) groups excluding carboxylic acids is 1. The van der Waals surface area contributed by atoms with Crippen molar-refractivity contribution in [3.8, 4) is 0 Å². The minimum Gasteiger partial charge on any atom is -0.469 e. The molecule has 7 nitrogen and oxygen atoms in total. The summed E-state index contributed by atoms with van der Waals surface area (Å²) < 4.78 is 26.7. The van der Waals surface area contributed by atoms with E-state index in [1.165, 1.54) is 6.07 Å². The van der Waals surface area contributed by atoms with E-state index in [0.717, 1.165) is 19.2 Å². The molecule has 0 spiro atoms. The highest BCUT2D eigenvalue weighted by atomic mass is 35.5. The van der Waals surface area contributed by atoms with Gasteiger partial charge < -0.3 is 14.9 Å². The zero-order chi connectivity index (χ0) is 15.5. The number of hydrogen-bond donors (Lipinski definition) is 3. The van der Waals surface area contributed by atoms with Crippen LogP contribution in [0.5, 0.6) is 0 Å². The van der Waals surface area contributed by atoms with Gasteiger partial charge in [-0.2, -0.15) is 0 Å². The summed E-state index contributed by atoms with van der Waals surface area (Å²) in [4.78, 5) is 10.7. The van der Waals surface area contributed by atoms with Crippen LogP contribution in [-0.4, -0.2) is 37.8 Å². The third kappa shape index (κ3) is 4.15. The normalized spacial score (nSPS) is 14.7. The van der Waals surface area contributed by atoms with Crippen LogP contribution in [-0.2, 0) is 19.6 Å². The van der Waals surface area contributed by atoms with E-state index in [4.69, 9.17) is 16.7 Å². The van der Waals surface area contributed by atoms with Gasteiger partial charge in [-0.25, -0.2) is 13.6 Å². The van der Waals surface area contributed by atoms with E-state index < -0.39 is 34.6 Å². The smallest absolute Gasteiger partial charge is 0.308 e. The van der Waals surface area contributed by atoms with E-state index >= 15 is 0 Å². The Bertz CT molecular complexity index is 603. The molecular weight excluding hydrogens is 310 g/mol. The van der Waals surface area contributed by atoms with Crippen LogP contribution >= 0.6 is 11.6 Å². The molecule has 4 N–H and O–H groups in total. The fourth-order valence-electron chi connectivity index (χ4n) is 1.52. The number of rotatable bonds is 5. The standard InChI is InChI=1S/C11H14ClNO6S/c1-19-10(15)5-8(14)11(16)6-2-3-9(7(12)4-6)20(13,17)18/h2-4,8,11,14,16H,5H2,1H3,(H2,13,17,18). The molecule has 0 aromatic heterocycles. The van der Waals surface area contributed by atoms with Crippen molar-refractivity contribution in [1.29, 1.82) is 0 Å². The first-order valence-corrected chi connectivity index (χ1v) is 7.34. The first kappa shape index (κ1) is 16.9. The highest BCUT2D eigenvalue weighted by Crippen LogP contribution is 2.27. The Morgan fingerprint density at radius 1 is 1.45 bits per heavy atom. The minimum atomic E-state index is -3.97. The molecule has 0 saturated carbocycles. The zero-order valence-corrected chi connectivity index (χ0v) is 12.1. The molecule has 0 fully saturated rings. The van der Waals surface area contributed by atoms with Gasteiger partial charge in [-0.15, -0.1) is 0 Å². The number of halogens is 1. The summed E-state index contributed by atoms with van der Waals surface area (Å²) in [5.74, 6) is -0.691. The monoisotopic (exact) mass is 323 g/mol. The van der Waals surface area contributed by atoms with Crippen LogP contribution in [0, 0.1) is 0 Å². The van der Waals surface area contributed by atoms with Gasteiger partial charge in [0.05, 0.1) is 24.7 Å². The Morgan fingerprint density at radius 2 is 2.05 bits per heavy atom. The predicted molar refractivity (Wildman–Crippen MR) is 70.4 cm³/mol. The molecule has 9 heteroatoms. The fraction of sp³-hybridized carbons (Fsp3) is 0.364. The molecule has 0 aliphatic rings. The number of aliphatic hydroxyl groups excluding tert-OH is 2. The summed E-state index contributed by atoms with van der Waals surface area (Å²) in [6.07, 6.45) is -3.23. The second-order valence-electron chi connectivity index (χ2n) is 4.03. The van der Waals surface area contributed by atoms with Crippen molar-refractivity contribution in [1.82, 2.24) is 0 Å². The minimum absolute atomic E-state index is 0.152. The number of carbonyl (C=O) groups is 1. The SMILES string of the molecule is COC(=O)CC(O)C(O)c1ccc(S(N)(=O)=O)c(Cl)c1. The van der Waals surface area contributed by atoms with Crippen LogP contribution in [0.1, 0.15) is 18.1 Å². The number of esters is 1. The number of aliphatic hydroxyl groups is 2. The van der Waals surface area contributed by atoms with Crippen LogP contribution in [0.25, 0.3) is 0 Å². The van der Waals surface area contributed by atoms with E-state index in [9.17, 15) is 23.4 Å². The lowest BCUT2D eigenvalue weighted by molar-refractivity contribution is -0.144. The van der Waals surface area contributed by atoms with Gasteiger partial charge in [-0.3, -0.25) is 4.79 Å². The van der Waals surface area contributed by atoms with E-state index in [1.807, 2.05) is 0 Å². The summed E-state index contributed by atoms with van der Waals surface area (Å²) in [5.41, 5.74) is 0.152. The fourth-order valence-corrected chi connectivity index (χ4v) is 2.62. The molecule has 2 unspecified atom stereocenters. The van der Waals surface area contributed by atoms with E-state index in [-0.39, 0.29) is 15.5 Å². The van der Waals surface area contributed by atoms with Crippen LogP contribution < -0.4 is 5.14 Å². The van der Waals surface area contributed by atoms with Gasteiger partial charge in [-0.05, 0) is 17.7 Å². The molecule has 2 atom stereocenters. The molecule has 0 radical (unpaired) electrons.